The molecule has 0 bridgehead atoms. The molecule has 0 atom stereocenters. The lowest BCUT2D eigenvalue weighted by molar-refractivity contribution is -0.112. The van der Waals surface area contributed by atoms with Crippen LogP contribution in [0.25, 0.3) is 0 Å². The van der Waals surface area contributed by atoms with Crippen molar-refractivity contribution >= 4 is 23.4 Å². The van der Waals surface area contributed by atoms with Crippen molar-refractivity contribution in [1.82, 2.24) is 0 Å². The van der Waals surface area contributed by atoms with Gasteiger partial charge in [0.15, 0.2) is 0 Å². The van der Waals surface area contributed by atoms with E-state index in [1.54, 1.807) is 18.7 Å². The van der Waals surface area contributed by atoms with Crippen molar-refractivity contribution < 1.29 is 9.53 Å². The van der Waals surface area contributed by atoms with Crippen LogP contribution in [0.1, 0.15) is 6.92 Å². The van der Waals surface area contributed by atoms with Gasteiger partial charge in [0.25, 0.3) is 5.91 Å². The van der Waals surface area contributed by atoms with Crippen LogP contribution in [-0.2, 0) is 9.53 Å². The first-order valence-electron chi connectivity index (χ1n) is 4.83. The minimum absolute atomic E-state index is 0.183. The van der Waals surface area contributed by atoms with Crippen LogP contribution in [0.2, 0.25) is 0 Å². The van der Waals surface area contributed by atoms with Gasteiger partial charge in [0.1, 0.15) is 0 Å². The van der Waals surface area contributed by atoms with Crippen LogP contribution in [0.4, 0.5) is 5.69 Å². The molecule has 0 saturated carbocycles. The second-order valence-corrected chi connectivity index (χ2v) is 4.06. The molecule has 1 aromatic rings. The molecule has 1 N–H and O–H groups in total. The summed E-state index contributed by atoms with van der Waals surface area (Å²) in [6, 6.07) is 7.69. The number of nitrogens with one attached hydrogen (secondary N) is 1. The zero-order valence-electron chi connectivity index (χ0n) is 9.61. The smallest absolute Gasteiger partial charge is 0.251 e. The number of hydrogen-bond donors (Lipinski definition) is 1. The van der Waals surface area contributed by atoms with E-state index < -0.39 is 0 Å². The van der Waals surface area contributed by atoms with Gasteiger partial charge in [0.2, 0.25) is 0 Å². The summed E-state index contributed by atoms with van der Waals surface area (Å²) in [4.78, 5) is 12.6. The largest absolute Gasteiger partial charge is 0.501 e. The van der Waals surface area contributed by atoms with Gasteiger partial charge >= 0.3 is 0 Å². The molecule has 0 fully saturated rings. The zero-order valence-corrected chi connectivity index (χ0v) is 10.4. The summed E-state index contributed by atoms with van der Waals surface area (Å²) in [7, 11) is 1.54. The summed E-state index contributed by atoms with van der Waals surface area (Å²) in [5.74, 6) is 0.399. The maximum atomic E-state index is 11.5. The van der Waals surface area contributed by atoms with Crippen molar-refractivity contribution in [2.45, 2.75) is 11.8 Å². The highest BCUT2D eigenvalue weighted by atomic mass is 32.2. The van der Waals surface area contributed by atoms with Crippen molar-refractivity contribution in [3.8, 4) is 0 Å². The molecule has 0 spiro atoms. The van der Waals surface area contributed by atoms with E-state index in [-0.39, 0.29) is 5.91 Å². The number of hydrogen-bond acceptors (Lipinski definition) is 3. The Labute approximate surface area is 99.9 Å². The second-order valence-electron chi connectivity index (χ2n) is 3.18. The van der Waals surface area contributed by atoms with E-state index in [9.17, 15) is 4.79 Å². The molecule has 16 heavy (non-hydrogen) atoms. The van der Waals surface area contributed by atoms with Gasteiger partial charge < -0.3 is 10.1 Å². The molecule has 0 heterocycles. The standard InChI is InChI=1S/C12H15NO2S/c1-9(15-2)7-12(14)13-10-5-4-6-11(8-10)16-3/h4-8H,1-3H3,(H,13,14)/b9-7+. The molecular formula is C12H15NO2S. The number of anilines is 1. The van der Waals surface area contributed by atoms with Gasteiger partial charge in [-0.1, -0.05) is 6.07 Å². The number of carbonyl (C=O) groups excluding carboxylic acids is 1. The molecule has 0 aliphatic rings. The maximum Gasteiger partial charge on any atom is 0.251 e. The number of thioether (sulfide) groups is 1. The summed E-state index contributed by atoms with van der Waals surface area (Å²) < 4.78 is 4.90. The highest BCUT2D eigenvalue weighted by Crippen LogP contribution is 2.18. The van der Waals surface area contributed by atoms with Crippen LogP contribution in [0, 0.1) is 0 Å². The predicted octanol–water partition coefficient (Wildman–Crippen LogP) is 2.90. The summed E-state index contributed by atoms with van der Waals surface area (Å²) in [6.45, 7) is 1.73. The molecule has 0 saturated heterocycles. The van der Waals surface area contributed by atoms with Gasteiger partial charge in [-0.15, -0.1) is 11.8 Å². The van der Waals surface area contributed by atoms with Crippen molar-refractivity contribution in [2.24, 2.45) is 0 Å². The first kappa shape index (κ1) is 12.6. The van der Waals surface area contributed by atoms with Crippen LogP contribution in [0.3, 0.4) is 0 Å². The number of allylic oxidation sites excluding steroid dienone is 1. The van der Waals surface area contributed by atoms with Crippen molar-refractivity contribution in [2.75, 3.05) is 18.7 Å². The molecule has 1 aromatic carbocycles. The molecular weight excluding hydrogens is 222 g/mol. The fourth-order valence-corrected chi connectivity index (χ4v) is 1.58. The lowest BCUT2D eigenvalue weighted by Gasteiger charge is -2.04. The van der Waals surface area contributed by atoms with Gasteiger partial charge in [-0.05, 0) is 31.4 Å². The Hall–Kier alpha value is -1.42. The third-order valence-electron chi connectivity index (χ3n) is 1.99. The van der Waals surface area contributed by atoms with Crippen molar-refractivity contribution in [3.05, 3.63) is 36.1 Å². The summed E-state index contributed by atoms with van der Waals surface area (Å²) in [6.07, 6.45) is 3.42. The molecule has 86 valence electrons. The fourth-order valence-electron chi connectivity index (χ4n) is 1.12. The van der Waals surface area contributed by atoms with Gasteiger partial charge in [0.05, 0.1) is 12.9 Å². The normalized spacial score (nSPS) is 11.1. The van der Waals surface area contributed by atoms with E-state index in [2.05, 4.69) is 5.32 Å². The van der Waals surface area contributed by atoms with E-state index in [0.717, 1.165) is 10.6 Å². The Bertz CT molecular complexity index is 402. The Balaban J connectivity index is 2.69. The molecule has 0 aromatic heterocycles. The minimum Gasteiger partial charge on any atom is -0.501 e. The van der Waals surface area contributed by atoms with Gasteiger partial charge in [-0.3, -0.25) is 4.79 Å². The first-order valence-corrected chi connectivity index (χ1v) is 6.05. The third-order valence-corrected chi connectivity index (χ3v) is 2.72. The Morgan fingerprint density at radius 1 is 1.50 bits per heavy atom. The Morgan fingerprint density at radius 3 is 2.88 bits per heavy atom. The first-order chi connectivity index (χ1) is 7.65. The fraction of sp³-hybridized carbons (Fsp3) is 0.250. The lowest BCUT2D eigenvalue weighted by Crippen LogP contribution is -2.08. The third kappa shape index (κ3) is 3.98. The topological polar surface area (TPSA) is 38.3 Å². The highest BCUT2D eigenvalue weighted by Gasteiger charge is 2.00. The van der Waals surface area contributed by atoms with Gasteiger partial charge in [0, 0.05) is 16.7 Å². The quantitative estimate of drug-likeness (QED) is 0.497. The van der Waals surface area contributed by atoms with E-state index in [1.807, 2.05) is 30.5 Å². The number of rotatable bonds is 4. The number of carbonyl (C=O) groups is 1. The van der Waals surface area contributed by atoms with E-state index in [0.29, 0.717) is 5.76 Å². The molecule has 0 unspecified atom stereocenters. The Kier molecular flexibility index (Phi) is 4.92. The number of ether oxygens (including phenoxy) is 1. The molecule has 1 rings (SSSR count). The van der Waals surface area contributed by atoms with Crippen molar-refractivity contribution in [1.29, 1.82) is 0 Å². The zero-order chi connectivity index (χ0) is 12.0. The van der Waals surface area contributed by atoms with Crippen molar-refractivity contribution in [3.63, 3.8) is 0 Å². The monoisotopic (exact) mass is 237 g/mol. The van der Waals surface area contributed by atoms with Crippen LogP contribution >= 0.6 is 11.8 Å². The highest BCUT2D eigenvalue weighted by molar-refractivity contribution is 7.98. The average Bonchev–Trinajstić information content (AvgIpc) is 2.28. The number of methoxy groups -OCH3 is 1. The van der Waals surface area contributed by atoms with E-state index >= 15 is 0 Å². The summed E-state index contributed by atoms with van der Waals surface area (Å²) in [5, 5.41) is 2.77. The average molecular weight is 237 g/mol. The van der Waals surface area contributed by atoms with Crippen LogP contribution in [0.5, 0.6) is 0 Å². The Morgan fingerprint density at radius 2 is 2.25 bits per heavy atom. The van der Waals surface area contributed by atoms with Gasteiger partial charge in [-0.2, -0.15) is 0 Å². The molecule has 0 aliphatic heterocycles. The van der Waals surface area contributed by atoms with E-state index in [4.69, 9.17) is 4.74 Å². The lowest BCUT2D eigenvalue weighted by atomic mass is 10.3. The second kappa shape index (κ2) is 6.23. The van der Waals surface area contributed by atoms with Crippen LogP contribution < -0.4 is 5.32 Å². The molecule has 4 heteroatoms. The molecule has 1 amide bonds. The molecule has 0 aliphatic carbocycles. The van der Waals surface area contributed by atoms with E-state index in [1.165, 1.54) is 13.2 Å². The number of benzene rings is 1. The predicted molar refractivity (Wildman–Crippen MR) is 67.6 cm³/mol. The van der Waals surface area contributed by atoms with Crippen LogP contribution in [-0.4, -0.2) is 19.3 Å². The molecule has 0 radical (unpaired) electrons. The summed E-state index contributed by atoms with van der Waals surface area (Å²) >= 11 is 1.64. The maximum absolute atomic E-state index is 11.5. The van der Waals surface area contributed by atoms with Crippen LogP contribution in [0.15, 0.2) is 41.0 Å². The minimum atomic E-state index is -0.183. The summed E-state index contributed by atoms with van der Waals surface area (Å²) in [5.41, 5.74) is 0.789. The van der Waals surface area contributed by atoms with Gasteiger partial charge in [-0.25, -0.2) is 0 Å². The molecule has 3 nitrogen and oxygen atoms in total. The number of amides is 1. The SMILES string of the molecule is CO/C(C)=C/C(=O)Nc1cccc(SC)c1.